The van der Waals surface area contributed by atoms with Crippen LogP contribution in [0.25, 0.3) is 0 Å². The summed E-state index contributed by atoms with van der Waals surface area (Å²) in [5.41, 5.74) is 1.85. The van der Waals surface area contributed by atoms with Crippen molar-refractivity contribution in [1.82, 2.24) is 10.2 Å². The van der Waals surface area contributed by atoms with Gasteiger partial charge in [-0.2, -0.15) is 0 Å². The zero-order chi connectivity index (χ0) is 19.3. The normalized spacial score (nSPS) is 14.5. The predicted octanol–water partition coefficient (Wildman–Crippen LogP) is 2.65. The minimum Gasteiger partial charge on any atom is -0.355 e. The lowest BCUT2D eigenvalue weighted by molar-refractivity contribution is -0.138. The van der Waals surface area contributed by atoms with Crippen molar-refractivity contribution < 1.29 is 14.4 Å². The molecule has 1 saturated heterocycles. The lowest BCUT2D eigenvalue weighted by Crippen LogP contribution is -2.41. The van der Waals surface area contributed by atoms with Crippen molar-refractivity contribution in [1.29, 1.82) is 0 Å². The minimum atomic E-state index is -0.378. The summed E-state index contributed by atoms with van der Waals surface area (Å²) in [6.45, 7) is 2.68. The molecule has 2 aromatic rings. The first-order valence-electron chi connectivity index (χ1n) is 9.21. The number of nitrogens with one attached hydrogen (secondary N) is 1. The third-order valence-electron chi connectivity index (χ3n) is 5.18. The number of hydrogen-bond acceptors (Lipinski definition) is 3. The van der Waals surface area contributed by atoms with Crippen LogP contribution in [0, 0.1) is 0 Å². The highest BCUT2D eigenvalue weighted by atomic mass is 16.2. The zero-order valence-electron chi connectivity index (χ0n) is 15.5. The molecular formula is C22H24N2O3. The number of rotatable bonds is 7. The monoisotopic (exact) mass is 364 g/mol. The van der Waals surface area contributed by atoms with Crippen molar-refractivity contribution >= 4 is 17.7 Å². The first-order chi connectivity index (χ1) is 13.0. The molecule has 1 heterocycles. The first kappa shape index (κ1) is 18.8. The van der Waals surface area contributed by atoms with E-state index in [9.17, 15) is 14.4 Å². The smallest absolute Gasteiger partial charge is 0.229 e. The maximum atomic E-state index is 12.4. The van der Waals surface area contributed by atoms with Crippen molar-refractivity contribution in [2.75, 3.05) is 13.1 Å². The molecule has 2 aromatic carbocycles. The van der Waals surface area contributed by atoms with Gasteiger partial charge in [-0.05, 0) is 18.1 Å². The Labute approximate surface area is 159 Å². The summed E-state index contributed by atoms with van der Waals surface area (Å²) >= 11 is 0. The molecule has 1 aliphatic heterocycles. The second kappa shape index (κ2) is 8.16. The summed E-state index contributed by atoms with van der Waals surface area (Å²) in [6, 6.07) is 20.1. The molecule has 3 amide bonds. The Hall–Kier alpha value is -2.95. The third-order valence-corrected chi connectivity index (χ3v) is 5.18. The average molecular weight is 364 g/mol. The number of carbonyl (C=O) groups excluding carboxylic acids is 3. The van der Waals surface area contributed by atoms with Crippen LogP contribution in [0.4, 0.5) is 0 Å². The van der Waals surface area contributed by atoms with Gasteiger partial charge in [0.2, 0.25) is 17.7 Å². The molecule has 0 aliphatic carbocycles. The van der Waals surface area contributed by atoms with Gasteiger partial charge >= 0.3 is 0 Å². The van der Waals surface area contributed by atoms with Crippen LogP contribution in [-0.2, 0) is 19.8 Å². The molecule has 5 nitrogen and oxygen atoms in total. The summed E-state index contributed by atoms with van der Waals surface area (Å²) in [5.74, 6) is -0.544. The van der Waals surface area contributed by atoms with Crippen LogP contribution >= 0.6 is 0 Å². The van der Waals surface area contributed by atoms with Crippen molar-refractivity contribution in [2.45, 2.75) is 31.6 Å². The second-order valence-corrected chi connectivity index (χ2v) is 7.03. The summed E-state index contributed by atoms with van der Waals surface area (Å²) in [5, 5.41) is 2.99. The fourth-order valence-corrected chi connectivity index (χ4v) is 3.43. The standard InChI is InChI=1S/C22H24N2O3/c1-22(17-8-4-2-5-9-17,18-10-6-3-7-11-18)16-23-19(25)14-15-24-20(26)12-13-21(24)27/h2-11H,12-16H2,1H3,(H,23,25). The molecule has 5 heteroatoms. The molecule has 0 atom stereocenters. The molecule has 0 aromatic heterocycles. The topological polar surface area (TPSA) is 66.5 Å². The van der Waals surface area contributed by atoms with E-state index in [4.69, 9.17) is 0 Å². The molecule has 0 saturated carbocycles. The molecule has 1 N–H and O–H groups in total. The quantitative estimate of drug-likeness (QED) is 0.768. The van der Waals surface area contributed by atoms with Gasteiger partial charge in [0.15, 0.2) is 0 Å². The van der Waals surface area contributed by atoms with Gasteiger partial charge < -0.3 is 5.32 Å². The van der Waals surface area contributed by atoms with Gasteiger partial charge in [0.1, 0.15) is 0 Å². The summed E-state index contributed by atoms with van der Waals surface area (Å²) < 4.78 is 0. The van der Waals surface area contributed by atoms with Gasteiger partial charge in [-0.1, -0.05) is 60.7 Å². The lowest BCUT2D eigenvalue weighted by atomic mass is 9.76. The van der Waals surface area contributed by atoms with E-state index in [1.807, 2.05) is 36.4 Å². The molecule has 0 spiro atoms. The van der Waals surface area contributed by atoms with Crippen LogP contribution in [0.15, 0.2) is 60.7 Å². The van der Waals surface area contributed by atoms with Crippen LogP contribution in [0.3, 0.4) is 0 Å². The van der Waals surface area contributed by atoms with E-state index in [0.29, 0.717) is 6.54 Å². The second-order valence-electron chi connectivity index (χ2n) is 7.03. The van der Waals surface area contributed by atoms with Crippen molar-refractivity contribution in [2.24, 2.45) is 0 Å². The van der Waals surface area contributed by atoms with Gasteiger partial charge in [-0.15, -0.1) is 0 Å². The Balaban J connectivity index is 1.67. The van der Waals surface area contributed by atoms with Gasteiger partial charge in [0, 0.05) is 37.8 Å². The SMILES string of the molecule is CC(CNC(=O)CCN1C(=O)CCC1=O)(c1ccccc1)c1ccccc1. The highest BCUT2D eigenvalue weighted by molar-refractivity contribution is 6.02. The molecule has 0 radical (unpaired) electrons. The fourth-order valence-electron chi connectivity index (χ4n) is 3.43. The Kier molecular flexibility index (Phi) is 5.69. The number of carbonyl (C=O) groups is 3. The predicted molar refractivity (Wildman–Crippen MR) is 103 cm³/mol. The fraction of sp³-hybridized carbons (Fsp3) is 0.318. The molecule has 0 unspecified atom stereocenters. The average Bonchev–Trinajstić information content (AvgIpc) is 3.03. The number of imide groups is 1. The first-order valence-corrected chi connectivity index (χ1v) is 9.21. The zero-order valence-corrected chi connectivity index (χ0v) is 15.5. The summed E-state index contributed by atoms with van der Waals surface area (Å²) in [7, 11) is 0. The van der Waals surface area contributed by atoms with E-state index in [1.54, 1.807) is 0 Å². The van der Waals surface area contributed by atoms with Crippen LogP contribution in [0.1, 0.15) is 37.3 Å². The number of nitrogens with zero attached hydrogens (tertiary/aromatic N) is 1. The van der Waals surface area contributed by atoms with E-state index in [2.05, 4.69) is 36.5 Å². The van der Waals surface area contributed by atoms with Gasteiger partial charge in [0.05, 0.1) is 0 Å². The Morgan fingerprint density at radius 1 is 0.926 bits per heavy atom. The van der Waals surface area contributed by atoms with Gasteiger partial charge in [-0.25, -0.2) is 0 Å². The number of benzene rings is 2. The van der Waals surface area contributed by atoms with E-state index >= 15 is 0 Å². The maximum Gasteiger partial charge on any atom is 0.229 e. The van der Waals surface area contributed by atoms with Crippen LogP contribution in [0.2, 0.25) is 0 Å². The van der Waals surface area contributed by atoms with E-state index in [0.717, 1.165) is 11.1 Å². The van der Waals surface area contributed by atoms with Gasteiger partial charge in [0.25, 0.3) is 0 Å². The van der Waals surface area contributed by atoms with E-state index in [1.165, 1.54) is 4.90 Å². The number of likely N-dealkylation sites (tertiary alicyclic amines) is 1. The summed E-state index contributed by atoms with van der Waals surface area (Å²) in [4.78, 5) is 36.9. The summed E-state index contributed by atoms with van der Waals surface area (Å²) in [6.07, 6.45) is 0.623. The Bertz CT molecular complexity index is 762. The highest BCUT2D eigenvalue weighted by Crippen LogP contribution is 2.31. The van der Waals surface area contributed by atoms with Crippen LogP contribution < -0.4 is 5.32 Å². The Morgan fingerprint density at radius 2 is 1.41 bits per heavy atom. The molecule has 1 aliphatic rings. The van der Waals surface area contributed by atoms with Gasteiger partial charge in [-0.3, -0.25) is 19.3 Å². The largest absolute Gasteiger partial charge is 0.355 e. The van der Waals surface area contributed by atoms with Crippen LogP contribution in [-0.4, -0.2) is 35.7 Å². The van der Waals surface area contributed by atoms with Crippen molar-refractivity contribution in [3.05, 3.63) is 71.8 Å². The molecule has 27 heavy (non-hydrogen) atoms. The highest BCUT2D eigenvalue weighted by Gasteiger charge is 2.31. The molecular weight excluding hydrogens is 340 g/mol. The lowest BCUT2D eigenvalue weighted by Gasteiger charge is -2.31. The number of hydrogen-bond donors (Lipinski definition) is 1. The maximum absolute atomic E-state index is 12.4. The molecule has 3 rings (SSSR count). The van der Waals surface area contributed by atoms with E-state index < -0.39 is 0 Å². The van der Waals surface area contributed by atoms with Crippen molar-refractivity contribution in [3.8, 4) is 0 Å². The Morgan fingerprint density at radius 3 is 1.89 bits per heavy atom. The molecule has 140 valence electrons. The van der Waals surface area contributed by atoms with Crippen LogP contribution in [0.5, 0.6) is 0 Å². The third kappa shape index (κ3) is 4.25. The number of amides is 3. The van der Waals surface area contributed by atoms with E-state index in [-0.39, 0.29) is 48.9 Å². The van der Waals surface area contributed by atoms with Crippen molar-refractivity contribution in [3.63, 3.8) is 0 Å². The molecule has 1 fully saturated rings. The molecule has 0 bridgehead atoms. The minimum absolute atomic E-state index is 0.122.